The molecule has 2 fully saturated rings. The maximum absolute atomic E-state index is 4.84. The minimum atomic E-state index is 0.638. The van der Waals surface area contributed by atoms with Gasteiger partial charge >= 0.3 is 0 Å². The first-order valence-corrected chi connectivity index (χ1v) is 8.27. The van der Waals surface area contributed by atoms with Gasteiger partial charge in [-0.3, -0.25) is 4.68 Å². The van der Waals surface area contributed by atoms with Gasteiger partial charge in [-0.05, 0) is 45.4 Å². The predicted molar refractivity (Wildman–Crippen MR) is 77.5 cm³/mol. The summed E-state index contributed by atoms with van der Waals surface area (Å²) in [6.45, 7) is 6.78. The lowest BCUT2D eigenvalue weighted by atomic mass is 9.90. The first-order chi connectivity index (χ1) is 8.77. The summed E-state index contributed by atoms with van der Waals surface area (Å²) < 4.78 is 2.32. The number of hydrogen-bond acceptors (Lipinski definition) is 3. The fraction of sp³-hybridized carbons (Fsp3) is 0.786. The molecule has 0 amide bonds. The fourth-order valence-corrected chi connectivity index (χ4v) is 4.62. The molecule has 1 N–H and O–H groups in total. The molecule has 2 unspecified atom stereocenters. The Morgan fingerprint density at radius 1 is 1.33 bits per heavy atom. The summed E-state index contributed by atoms with van der Waals surface area (Å²) in [5.74, 6) is 3.22. The van der Waals surface area contributed by atoms with Crippen molar-refractivity contribution in [2.45, 2.75) is 45.1 Å². The molecule has 3 heterocycles. The van der Waals surface area contributed by atoms with Gasteiger partial charge in [0.2, 0.25) is 0 Å². The Morgan fingerprint density at radius 3 is 2.89 bits per heavy atom. The van der Waals surface area contributed by atoms with E-state index in [2.05, 4.69) is 35.6 Å². The average Bonchev–Trinajstić information content (AvgIpc) is 2.99. The highest BCUT2D eigenvalue weighted by molar-refractivity contribution is 7.99. The molecule has 0 bridgehead atoms. The Balaban J connectivity index is 1.89. The second kappa shape index (κ2) is 5.25. The van der Waals surface area contributed by atoms with Crippen molar-refractivity contribution in [1.82, 2.24) is 15.1 Å². The number of thioether (sulfide) groups is 1. The van der Waals surface area contributed by atoms with Gasteiger partial charge in [0.25, 0.3) is 0 Å². The second-order valence-corrected chi connectivity index (χ2v) is 6.74. The summed E-state index contributed by atoms with van der Waals surface area (Å²) in [5.41, 5.74) is 4.21. The summed E-state index contributed by atoms with van der Waals surface area (Å²) in [4.78, 5) is 0. The van der Waals surface area contributed by atoms with Gasteiger partial charge in [-0.1, -0.05) is 0 Å². The molecule has 2 aliphatic heterocycles. The number of hydrogen-bond donors (Lipinski definition) is 1. The molecule has 4 heteroatoms. The summed E-state index contributed by atoms with van der Waals surface area (Å²) >= 11 is 2.06. The number of nitrogens with zero attached hydrogens (tertiary/aromatic N) is 2. The van der Waals surface area contributed by atoms with Gasteiger partial charge in [0.1, 0.15) is 0 Å². The first kappa shape index (κ1) is 12.5. The van der Waals surface area contributed by atoms with Crippen LogP contribution in [0.2, 0.25) is 0 Å². The van der Waals surface area contributed by atoms with Crippen LogP contribution in [0.1, 0.15) is 48.2 Å². The van der Waals surface area contributed by atoms with Crippen molar-refractivity contribution in [2.75, 3.05) is 24.6 Å². The van der Waals surface area contributed by atoms with Gasteiger partial charge in [-0.2, -0.15) is 16.9 Å². The molecule has 3 rings (SSSR count). The highest BCUT2D eigenvalue weighted by atomic mass is 32.2. The Bertz CT molecular complexity index is 415. The smallest absolute Gasteiger partial charge is 0.0631 e. The van der Waals surface area contributed by atoms with Crippen molar-refractivity contribution >= 4 is 11.8 Å². The number of nitrogens with one attached hydrogen (secondary N) is 1. The van der Waals surface area contributed by atoms with Crippen LogP contribution in [0.3, 0.4) is 0 Å². The van der Waals surface area contributed by atoms with E-state index in [-0.39, 0.29) is 0 Å². The van der Waals surface area contributed by atoms with Gasteiger partial charge in [0, 0.05) is 29.5 Å². The van der Waals surface area contributed by atoms with E-state index in [0.29, 0.717) is 12.0 Å². The molecule has 2 saturated heterocycles. The van der Waals surface area contributed by atoms with Crippen molar-refractivity contribution in [3.63, 3.8) is 0 Å². The van der Waals surface area contributed by atoms with Gasteiger partial charge in [-0.15, -0.1) is 0 Å². The molecule has 0 aromatic carbocycles. The third-order valence-electron chi connectivity index (χ3n) is 4.34. The van der Waals surface area contributed by atoms with Crippen molar-refractivity contribution in [3.05, 3.63) is 17.0 Å². The van der Waals surface area contributed by atoms with E-state index in [9.17, 15) is 0 Å². The maximum Gasteiger partial charge on any atom is 0.0631 e. The van der Waals surface area contributed by atoms with E-state index in [4.69, 9.17) is 5.10 Å². The molecule has 3 nitrogen and oxygen atoms in total. The van der Waals surface area contributed by atoms with E-state index < -0.39 is 0 Å². The summed E-state index contributed by atoms with van der Waals surface area (Å²) in [6.07, 6.45) is 3.91. The third kappa shape index (κ3) is 2.21. The normalized spacial score (nSPS) is 28.8. The van der Waals surface area contributed by atoms with Crippen LogP contribution in [0.4, 0.5) is 0 Å². The Morgan fingerprint density at radius 2 is 2.22 bits per heavy atom. The summed E-state index contributed by atoms with van der Waals surface area (Å²) in [5, 5.41) is 8.37. The van der Waals surface area contributed by atoms with Gasteiger partial charge in [0.05, 0.1) is 11.7 Å². The molecule has 2 atom stereocenters. The SMILES string of the molecule is Cc1nn(C2CCSC2)c(C)c1C1CCCNC1. The monoisotopic (exact) mass is 265 g/mol. The molecule has 0 saturated carbocycles. The molecular weight excluding hydrogens is 242 g/mol. The molecule has 1 aromatic rings. The van der Waals surface area contributed by atoms with Crippen LogP contribution in [-0.4, -0.2) is 34.4 Å². The zero-order chi connectivity index (χ0) is 12.5. The van der Waals surface area contributed by atoms with E-state index in [0.717, 1.165) is 6.54 Å². The lowest BCUT2D eigenvalue weighted by Crippen LogP contribution is -2.29. The lowest BCUT2D eigenvalue weighted by molar-refractivity contribution is 0.455. The summed E-state index contributed by atoms with van der Waals surface area (Å²) in [7, 11) is 0. The van der Waals surface area contributed by atoms with Gasteiger partial charge in [-0.25, -0.2) is 0 Å². The number of piperidine rings is 1. The van der Waals surface area contributed by atoms with E-state index in [1.54, 1.807) is 0 Å². The van der Waals surface area contributed by atoms with Crippen LogP contribution < -0.4 is 5.32 Å². The second-order valence-electron chi connectivity index (χ2n) is 5.59. The average molecular weight is 265 g/mol. The van der Waals surface area contributed by atoms with Gasteiger partial charge in [0.15, 0.2) is 0 Å². The van der Waals surface area contributed by atoms with Crippen molar-refractivity contribution < 1.29 is 0 Å². The Kier molecular flexibility index (Phi) is 3.66. The Labute approximate surface area is 114 Å². The van der Waals surface area contributed by atoms with Crippen molar-refractivity contribution in [2.24, 2.45) is 0 Å². The highest BCUT2D eigenvalue weighted by Gasteiger charge is 2.26. The molecule has 2 aliphatic rings. The standard InChI is InChI=1S/C14H23N3S/c1-10-14(12-4-3-6-15-8-12)11(2)17(16-10)13-5-7-18-9-13/h12-13,15H,3-9H2,1-2H3. The molecule has 1 aromatic heterocycles. The quantitative estimate of drug-likeness (QED) is 0.891. The minimum absolute atomic E-state index is 0.638. The van der Waals surface area contributed by atoms with Crippen LogP contribution in [-0.2, 0) is 0 Å². The highest BCUT2D eigenvalue weighted by Crippen LogP contribution is 2.34. The minimum Gasteiger partial charge on any atom is -0.316 e. The zero-order valence-electron chi connectivity index (χ0n) is 11.4. The molecule has 0 radical (unpaired) electrons. The number of rotatable bonds is 2. The molecule has 100 valence electrons. The number of aryl methyl sites for hydroxylation is 1. The topological polar surface area (TPSA) is 29.9 Å². The maximum atomic E-state index is 4.84. The van der Waals surface area contributed by atoms with Crippen LogP contribution in [0.5, 0.6) is 0 Å². The molecule has 0 aliphatic carbocycles. The van der Waals surface area contributed by atoms with E-state index in [1.807, 2.05) is 0 Å². The van der Waals surface area contributed by atoms with Crippen molar-refractivity contribution in [1.29, 1.82) is 0 Å². The van der Waals surface area contributed by atoms with Crippen LogP contribution >= 0.6 is 11.8 Å². The first-order valence-electron chi connectivity index (χ1n) is 7.11. The van der Waals surface area contributed by atoms with Crippen molar-refractivity contribution in [3.8, 4) is 0 Å². The largest absolute Gasteiger partial charge is 0.316 e. The van der Waals surface area contributed by atoms with Gasteiger partial charge < -0.3 is 5.32 Å². The summed E-state index contributed by atoms with van der Waals surface area (Å²) in [6, 6.07) is 0.638. The zero-order valence-corrected chi connectivity index (χ0v) is 12.2. The van der Waals surface area contributed by atoms with E-state index in [1.165, 1.54) is 54.3 Å². The van der Waals surface area contributed by atoms with Crippen LogP contribution in [0.15, 0.2) is 0 Å². The van der Waals surface area contributed by atoms with E-state index >= 15 is 0 Å². The van der Waals surface area contributed by atoms with Crippen LogP contribution in [0, 0.1) is 13.8 Å². The number of aromatic nitrogens is 2. The Hall–Kier alpha value is -0.480. The molecule has 0 spiro atoms. The van der Waals surface area contributed by atoms with Crippen LogP contribution in [0.25, 0.3) is 0 Å². The lowest BCUT2D eigenvalue weighted by Gasteiger charge is -2.23. The molecular formula is C14H23N3S. The molecule has 18 heavy (non-hydrogen) atoms. The fourth-order valence-electron chi connectivity index (χ4n) is 3.44. The predicted octanol–water partition coefficient (Wildman–Crippen LogP) is 2.64. The third-order valence-corrected chi connectivity index (χ3v) is 5.48.